The van der Waals surface area contributed by atoms with Gasteiger partial charge in [0.2, 0.25) is 0 Å². The zero-order valence-corrected chi connectivity index (χ0v) is 16.1. The number of nitrogens with one attached hydrogen (secondary N) is 2. The molecule has 0 amide bonds. The van der Waals surface area contributed by atoms with E-state index in [0.717, 1.165) is 12.0 Å². The molecule has 0 atom stereocenters. The number of rotatable bonds is 8. The molecule has 0 fully saturated rings. The zero-order chi connectivity index (χ0) is 21.5. The molecule has 1 aromatic heterocycles. The van der Waals surface area contributed by atoms with Crippen molar-refractivity contribution in [3.8, 4) is 11.5 Å². The summed E-state index contributed by atoms with van der Waals surface area (Å²) in [6, 6.07) is 15.1. The Morgan fingerprint density at radius 3 is 2.50 bits per heavy atom. The fourth-order valence-corrected chi connectivity index (χ4v) is 2.81. The molecule has 154 valence electrons. The number of H-pyrrole nitrogens is 2. The first-order valence-electron chi connectivity index (χ1n) is 9.02. The molecular formula is C21H19N3O6. The second-order valence-electron chi connectivity index (χ2n) is 6.26. The van der Waals surface area contributed by atoms with Gasteiger partial charge in [0.05, 0.1) is 18.6 Å². The summed E-state index contributed by atoms with van der Waals surface area (Å²) in [6.07, 6.45) is 3.55. The lowest BCUT2D eigenvalue weighted by Crippen LogP contribution is -2.25. The predicted molar refractivity (Wildman–Crippen MR) is 112 cm³/mol. The minimum absolute atomic E-state index is 0.198. The van der Waals surface area contributed by atoms with E-state index in [9.17, 15) is 19.7 Å². The number of nitro groups is 1. The Kier molecular flexibility index (Phi) is 6.43. The number of aromatic nitrogens is 2. The van der Waals surface area contributed by atoms with Crippen molar-refractivity contribution in [2.24, 2.45) is 0 Å². The molecule has 0 unspecified atom stereocenters. The van der Waals surface area contributed by atoms with E-state index in [1.54, 1.807) is 18.2 Å². The highest BCUT2D eigenvalue weighted by Gasteiger charge is 2.18. The fourth-order valence-electron chi connectivity index (χ4n) is 2.81. The van der Waals surface area contributed by atoms with Crippen molar-refractivity contribution in [1.29, 1.82) is 0 Å². The van der Waals surface area contributed by atoms with Crippen molar-refractivity contribution in [3.63, 3.8) is 0 Å². The highest BCUT2D eigenvalue weighted by atomic mass is 16.6. The molecule has 0 radical (unpaired) electrons. The van der Waals surface area contributed by atoms with Crippen LogP contribution < -0.4 is 20.7 Å². The molecule has 0 aliphatic carbocycles. The Hall–Kier alpha value is -4.14. The van der Waals surface area contributed by atoms with Gasteiger partial charge in [-0.05, 0) is 29.3 Å². The standard InChI is InChI=1S/C21H19N3O6/c1-29-18-13-15(7-9-16-19(24(27)28)20(25)23-21(26)22-16)8-10-17(18)30-12-11-14-5-3-2-4-6-14/h2-10,13H,11-12H2,1H3,(H2,22,23,25,26)/b9-7+. The second-order valence-corrected chi connectivity index (χ2v) is 6.26. The molecule has 30 heavy (non-hydrogen) atoms. The summed E-state index contributed by atoms with van der Waals surface area (Å²) in [6.45, 7) is 0.468. The SMILES string of the molecule is COc1cc(/C=C/c2[nH]c(=O)[nH]c(=O)c2[N+](=O)[O-])ccc1OCCc1ccccc1. The van der Waals surface area contributed by atoms with Crippen LogP contribution in [0.2, 0.25) is 0 Å². The first-order valence-corrected chi connectivity index (χ1v) is 9.02. The minimum atomic E-state index is -1.07. The fraction of sp³-hybridized carbons (Fsp3) is 0.143. The topological polar surface area (TPSA) is 127 Å². The molecule has 0 aliphatic heterocycles. The summed E-state index contributed by atoms with van der Waals surface area (Å²) in [5.41, 5.74) is -1.04. The van der Waals surface area contributed by atoms with Crippen molar-refractivity contribution in [3.05, 3.63) is 96.3 Å². The largest absolute Gasteiger partial charge is 0.493 e. The lowest BCUT2D eigenvalue weighted by molar-refractivity contribution is -0.386. The molecule has 0 saturated heterocycles. The maximum atomic E-state index is 11.7. The lowest BCUT2D eigenvalue weighted by atomic mass is 10.1. The molecule has 9 heteroatoms. The number of aromatic amines is 2. The smallest absolute Gasteiger partial charge is 0.357 e. The molecule has 3 aromatic rings. The molecule has 0 saturated carbocycles. The van der Waals surface area contributed by atoms with E-state index in [-0.39, 0.29) is 5.69 Å². The summed E-state index contributed by atoms with van der Waals surface area (Å²) in [4.78, 5) is 37.5. The molecule has 0 bridgehead atoms. The zero-order valence-electron chi connectivity index (χ0n) is 16.1. The van der Waals surface area contributed by atoms with Crippen LogP contribution in [0.5, 0.6) is 11.5 Å². The Labute approximate surface area is 170 Å². The van der Waals surface area contributed by atoms with Crippen LogP contribution in [0, 0.1) is 10.1 Å². The van der Waals surface area contributed by atoms with Crippen molar-refractivity contribution in [2.45, 2.75) is 6.42 Å². The third-order valence-corrected chi connectivity index (χ3v) is 4.25. The summed E-state index contributed by atoms with van der Waals surface area (Å²) < 4.78 is 11.2. The van der Waals surface area contributed by atoms with Crippen molar-refractivity contribution >= 4 is 17.8 Å². The van der Waals surface area contributed by atoms with Gasteiger partial charge in [-0.3, -0.25) is 19.9 Å². The Morgan fingerprint density at radius 1 is 1.03 bits per heavy atom. The average Bonchev–Trinajstić information content (AvgIpc) is 2.72. The van der Waals surface area contributed by atoms with Gasteiger partial charge in [-0.15, -0.1) is 0 Å². The van der Waals surface area contributed by atoms with Gasteiger partial charge in [0.15, 0.2) is 11.5 Å². The monoisotopic (exact) mass is 409 g/mol. The van der Waals surface area contributed by atoms with Crippen LogP contribution in [-0.4, -0.2) is 28.6 Å². The van der Waals surface area contributed by atoms with Crippen molar-refractivity contribution in [1.82, 2.24) is 9.97 Å². The number of hydrogen-bond acceptors (Lipinski definition) is 6. The number of benzene rings is 2. The maximum absolute atomic E-state index is 11.7. The number of methoxy groups -OCH3 is 1. The Balaban J connectivity index is 1.77. The Morgan fingerprint density at radius 2 is 1.80 bits per heavy atom. The van der Waals surface area contributed by atoms with Crippen LogP contribution in [0.25, 0.3) is 12.2 Å². The van der Waals surface area contributed by atoms with E-state index >= 15 is 0 Å². The second kappa shape index (κ2) is 9.37. The number of ether oxygens (including phenoxy) is 2. The first kappa shape index (κ1) is 20.6. The number of hydrogen-bond donors (Lipinski definition) is 2. The molecule has 3 rings (SSSR count). The van der Waals surface area contributed by atoms with Gasteiger partial charge in [-0.1, -0.05) is 42.5 Å². The summed E-state index contributed by atoms with van der Waals surface area (Å²) in [5.74, 6) is 1.04. The van der Waals surface area contributed by atoms with Gasteiger partial charge >= 0.3 is 16.9 Å². The maximum Gasteiger partial charge on any atom is 0.357 e. The van der Waals surface area contributed by atoms with E-state index in [4.69, 9.17) is 9.47 Å². The van der Waals surface area contributed by atoms with E-state index < -0.39 is 21.9 Å². The van der Waals surface area contributed by atoms with E-state index in [2.05, 4.69) is 4.98 Å². The van der Waals surface area contributed by atoms with Crippen LogP contribution in [-0.2, 0) is 6.42 Å². The molecule has 0 aliphatic rings. The average molecular weight is 409 g/mol. The molecule has 9 nitrogen and oxygen atoms in total. The highest BCUT2D eigenvalue weighted by Crippen LogP contribution is 2.29. The van der Waals surface area contributed by atoms with Gasteiger partial charge < -0.3 is 14.5 Å². The van der Waals surface area contributed by atoms with Crippen LogP contribution in [0.15, 0.2) is 58.1 Å². The minimum Gasteiger partial charge on any atom is -0.493 e. The van der Waals surface area contributed by atoms with E-state index in [1.807, 2.05) is 35.3 Å². The van der Waals surface area contributed by atoms with Crippen LogP contribution in [0.3, 0.4) is 0 Å². The van der Waals surface area contributed by atoms with Gasteiger partial charge in [0.25, 0.3) is 0 Å². The van der Waals surface area contributed by atoms with Gasteiger partial charge in [0, 0.05) is 6.42 Å². The van der Waals surface area contributed by atoms with Gasteiger partial charge in [-0.25, -0.2) is 4.79 Å². The Bertz CT molecular complexity index is 1180. The van der Waals surface area contributed by atoms with Gasteiger partial charge in [-0.2, -0.15) is 0 Å². The quantitative estimate of drug-likeness (QED) is 0.435. The predicted octanol–water partition coefficient (Wildman–Crippen LogP) is 2.77. The molecular weight excluding hydrogens is 390 g/mol. The molecule has 2 aromatic carbocycles. The summed E-state index contributed by atoms with van der Waals surface area (Å²) in [7, 11) is 1.51. The van der Waals surface area contributed by atoms with Gasteiger partial charge in [0.1, 0.15) is 5.69 Å². The normalized spacial score (nSPS) is 10.8. The molecule has 0 spiro atoms. The van der Waals surface area contributed by atoms with Crippen molar-refractivity contribution < 1.29 is 14.4 Å². The third-order valence-electron chi connectivity index (χ3n) is 4.25. The van der Waals surface area contributed by atoms with E-state index in [1.165, 1.54) is 19.3 Å². The summed E-state index contributed by atoms with van der Waals surface area (Å²) >= 11 is 0. The van der Waals surface area contributed by atoms with Crippen LogP contribution >= 0.6 is 0 Å². The lowest BCUT2D eigenvalue weighted by Gasteiger charge is -2.11. The first-order chi connectivity index (χ1) is 14.5. The van der Waals surface area contributed by atoms with Crippen LogP contribution in [0.4, 0.5) is 5.69 Å². The highest BCUT2D eigenvalue weighted by molar-refractivity contribution is 5.72. The molecule has 1 heterocycles. The summed E-state index contributed by atoms with van der Waals surface area (Å²) in [5, 5.41) is 11.1. The number of nitrogens with zero attached hydrogens (tertiary/aromatic N) is 1. The van der Waals surface area contributed by atoms with Crippen molar-refractivity contribution in [2.75, 3.05) is 13.7 Å². The van der Waals surface area contributed by atoms with Crippen LogP contribution in [0.1, 0.15) is 16.8 Å². The van der Waals surface area contributed by atoms with E-state index in [0.29, 0.717) is 23.7 Å². The third kappa shape index (κ3) is 5.02. The molecule has 2 N–H and O–H groups in total.